The topological polar surface area (TPSA) is 64.4 Å². The second-order valence-electron chi connectivity index (χ2n) is 7.58. The summed E-state index contributed by atoms with van der Waals surface area (Å²) in [6.07, 6.45) is 2.42. The number of carbonyl (C=O) groups excluding carboxylic acids is 1. The maximum absolute atomic E-state index is 12.8. The van der Waals surface area contributed by atoms with Gasteiger partial charge in [-0.15, -0.1) is 12.4 Å². The van der Waals surface area contributed by atoms with Crippen molar-refractivity contribution in [2.24, 2.45) is 17.1 Å². The molecule has 4 nitrogen and oxygen atoms in total. The Labute approximate surface area is 158 Å². The zero-order valence-corrected chi connectivity index (χ0v) is 16.7. The average molecular weight is 418 g/mol. The van der Waals surface area contributed by atoms with Crippen LogP contribution in [0.3, 0.4) is 0 Å². The van der Waals surface area contributed by atoms with Crippen molar-refractivity contribution in [3.63, 3.8) is 0 Å². The lowest BCUT2D eigenvalue weighted by atomic mass is 9.55. The molecule has 4 unspecified atom stereocenters. The summed E-state index contributed by atoms with van der Waals surface area (Å²) >= 11 is 3.41. The van der Waals surface area contributed by atoms with Gasteiger partial charge in [-0.05, 0) is 37.5 Å². The zero-order valence-electron chi connectivity index (χ0n) is 14.3. The molecule has 2 aliphatic rings. The minimum Gasteiger partial charge on any atom is -0.377 e. The number of hydrogen-bond acceptors (Lipinski definition) is 3. The van der Waals surface area contributed by atoms with E-state index in [4.69, 9.17) is 10.5 Å². The van der Waals surface area contributed by atoms with Crippen LogP contribution < -0.4 is 11.1 Å². The van der Waals surface area contributed by atoms with E-state index in [1.807, 2.05) is 24.3 Å². The third kappa shape index (κ3) is 3.24. The van der Waals surface area contributed by atoms with Crippen molar-refractivity contribution in [2.75, 3.05) is 6.61 Å². The minimum atomic E-state index is -1.04. The molecule has 6 heteroatoms. The highest BCUT2D eigenvalue weighted by molar-refractivity contribution is 9.10. The molecule has 0 bridgehead atoms. The average Bonchev–Trinajstić information content (AvgIpc) is 2.52. The second kappa shape index (κ2) is 6.94. The van der Waals surface area contributed by atoms with Gasteiger partial charge in [-0.1, -0.05) is 41.9 Å². The monoisotopic (exact) mass is 416 g/mol. The lowest BCUT2D eigenvalue weighted by Crippen LogP contribution is -2.71. The Morgan fingerprint density at radius 1 is 1.38 bits per heavy atom. The van der Waals surface area contributed by atoms with Crippen LogP contribution in [-0.2, 0) is 15.1 Å². The molecule has 1 heterocycles. The summed E-state index contributed by atoms with van der Waals surface area (Å²) in [6.45, 7) is 6.93. The number of benzene rings is 1. The molecule has 1 aliphatic heterocycles. The number of carbonyl (C=O) groups is 1. The van der Waals surface area contributed by atoms with Crippen molar-refractivity contribution in [3.8, 4) is 0 Å². The van der Waals surface area contributed by atoms with Gasteiger partial charge < -0.3 is 15.8 Å². The molecule has 0 aromatic heterocycles. The van der Waals surface area contributed by atoms with Crippen LogP contribution in [0.1, 0.15) is 39.2 Å². The number of rotatable bonds is 3. The molecule has 1 aliphatic carbocycles. The third-order valence-electron chi connectivity index (χ3n) is 5.53. The van der Waals surface area contributed by atoms with Gasteiger partial charge in [0.25, 0.3) is 0 Å². The van der Waals surface area contributed by atoms with Crippen molar-refractivity contribution in [1.82, 2.24) is 5.32 Å². The Balaban J connectivity index is 0.00000208. The van der Waals surface area contributed by atoms with Crippen LogP contribution in [-0.4, -0.2) is 24.7 Å². The van der Waals surface area contributed by atoms with Crippen LogP contribution in [0.25, 0.3) is 0 Å². The summed E-state index contributed by atoms with van der Waals surface area (Å²) in [5.74, 6) is 0.283. The summed E-state index contributed by atoms with van der Waals surface area (Å²) < 4.78 is 6.87. The Bertz CT molecular complexity index is 604. The van der Waals surface area contributed by atoms with Crippen LogP contribution in [0.2, 0.25) is 0 Å². The molecule has 1 saturated heterocycles. The van der Waals surface area contributed by atoms with Crippen LogP contribution in [0.4, 0.5) is 0 Å². The third-order valence-corrected chi connectivity index (χ3v) is 6.06. The first kappa shape index (κ1) is 19.7. The minimum absolute atomic E-state index is 0. The maximum atomic E-state index is 12.8. The van der Waals surface area contributed by atoms with E-state index in [1.54, 1.807) is 6.92 Å². The van der Waals surface area contributed by atoms with Gasteiger partial charge in [0.05, 0.1) is 6.10 Å². The summed E-state index contributed by atoms with van der Waals surface area (Å²) in [5, 5.41) is 3.20. The van der Waals surface area contributed by atoms with Crippen molar-refractivity contribution < 1.29 is 9.53 Å². The predicted molar refractivity (Wildman–Crippen MR) is 101 cm³/mol. The lowest BCUT2D eigenvalue weighted by Gasteiger charge is -2.60. The van der Waals surface area contributed by atoms with E-state index in [-0.39, 0.29) is 35.9 Å². The molecular weight excluding hydrogens is 392 g/mol. The number of ether oxygens (including phenoxy) is 1. The smallest absolute Gasteiger partial charge is 0.244 e. The Hall–Kier alpha value is -0.620. The molecule has 3 N–H and O–H groups in total. The van der Waals surface area contributed by atoms with Crippen LogP contribution >= 0.6 is 28.3 Å². The number of fused-ring (bicyclic) bond motifs is 1. The molecule has 1 saturated carbocycles. The Kier molecular flexibility index (Phi) is 5.70. The molecule has 3 rings (SSSR count). The molecule has 0 radical (unpaired) electrons. The van der Waals surface area contributed by atoms with Gasteiger partial charge in [0, 0.05) is 28.5 Å². The molecule has 4 atom stereocenters. The number of amides is 1. The first-order valence-corrected chi connectivity index (χ1v) is 9.01. The predicted octanol–water partition coefficient (Wildman–Crippen LogP) is 3.36. The van der Waals surface area contributed by atoms with Crippen molar-refractivity contribution >= 4 is 34.2 Å². The summed E-state index contributed by atoms with van der Waals surface area (Å²) in [6, 6.07) is 7.72. The van der Waals surface area contributed by atoms with Crippen LogP contribution in [0, 0.1) is 11.3 Å². The molecular formula is C18H26BrClN2O2. The van der Waals surface area contributed by atoms with Crippen LogP contribution in [0.15, 0.2) is 28.7 Å². The maximum Gasteiger partial charge on any atom is 0.244 e. The number of nitrogens with two attached hydrogens (primary N) is 1. The van der Waals surface area contributed by atoms with Crippen molar-refractivity contribution in [2.45, 2.75) is 51.3 Å². The molecule has 2 fully saturated rings. The SMILES string of the molecule is CC(N)(C(=O)NC1C2CCCOC2C1(C)C)c1ccc(Br)cc1.Cl. The first-order chi connectivity index (χ1) is 10.7. The van der Waals surface area contributed by atoms with E-state index in [2.05, 4.69) is 35.1 Å². The fourth-order valence-corrected chi connectivity index (χ4v) is 4.30. The highest BCUT2D eigenvalue weighted by Crippen LogP contribution is 2.51. The van der Waals surface area contributed by atoms with Gasteiger partial charge in [-0.25, -0.2) is 0 Å². The molecule has 1 aromatic carbocycles. The first-order valence-electron chi connectivity index (χ1n) is 8.22. The molecule has 24 heavy (non-hydrogen) atoms. The number of nitrogens with one attached hydrogen (secondary N) is 1. The molecule has 1 amide bonds. The van der Waals surface area contributed by atoms with Gasteiger partial charge in [-0.3, -0.25) is 4.79 Å². The van der Waals surface area contributed by atoms with Gasteiger partial charge in [0.15, 0.2) is 0 Å². The van der Waals surface area contributed by atoms with E-state index in [9.17, 15) is 4.79 Å². The second-order valence-corrected chi connectivity index (χ2v) is 8.49. The number of hydrogen-bond donors (Lipinski definition) is 2. The highest BCUT2D eigenvalue weighted by Gasteiger charge is 2.58. The Morgan fingerprint density at radius 3 is 2.62 bits per heavy atom. The van der Waals surface area contributed by atoms with Gasteiger partial charge in [-0.2, -0.15) is 0 Å². The largest absolute Gasteiger partial charge is 0.377 e. The zero-order chi connectivity index (χ0) is 16.8. The molecule has 1 aromatic rings. The summed E-state index contributed by atoms with van der Waals surface area (Å²) in [4.78, 5) is 12.8. The lowest BCUT2D eigenvalue weighted by molar-refractivity contribution is -0.194. The molecule has 0 spiro atoms. The summed E-state index contributed by atoms with van der Waals surface area (Å²) in [7, 11) is 0. The Morgan fingerprint density at radius 2 is 2.00 bits per heavy atom. The van der Waals surface area contributed by atoms with E-state index in [0.717, 1.165) is 29.5 Å². The quantitative estimate of drug-likeness (QED) is 0.792. The van der Waals surface area contributed by atoms with Crippen LogP contribution in [0.5, 0.6) is 0 Å². The van der Waals surface area contributed by atoms with Gasteiger partial charge in [0.2, 0.25) is 5.91 Å². The van der Waals surface area contributed by atoms with Crippen molar-refractivity contribution in [3.05, 3.63) is 34.3 Å². The number of halogens is 2. The van der Waals surface area contributed by atoms with Gasteiger partial charge in [0.1, 0.15) is 5.54 Å². The van der Waals surface area contributed by atoms with E-state index < -0.39 is 5.54 Å². The fraction of sp³-hybridized carbons (Fsp3) is 0.611. The van der Waals surface area contributed by atoms with E-state index in [0.29, 0.717) is 5.92 Å². The normalized spacial score (nSPS) is 30.1. The van der Waals surface area contributed by atoms with E-state index in [1.165, 1.54) is 0 Å². The standard InChI is InChI=1S/C18H25BrN2O2.ClH/c1-17(2)14(13-5-4-10-23-15(13)17)21-16(22)18(3,20)11-6-8-12(19)9-7-11;/h6-9,13-15H,4-5,10,20H2,1-3H3,(H,21,22);1H. The van der Waals surface area contributed by atoms with Gasteiger partial charge >= 0.3 is 0 Å². The summed E-state index contributed by atoms with van der Waals surface area (Å²) in [5.41, 5.74) is 6.08. The van der Waals surface area contributed by atoms with E-state index >= 15 is 0 Å². The highest BCUT2D eigenvalue weighted by atomic mass is 79.9. The fourth-order valence-electron chi connectivity index (χ4n) is 4.03. The molecule has 134 valence electrons. The van der Waals surface area contributed by atoms with Crippen molar-refractivity contribution in [1.29, 1.82) is 0 Å².